The second kappa shape index (κ2) is 5.29. The predicted molar refractivity (Wildman–Crippen MR) is 67.5 cm³/mol. The summed E-state index contributed by atoms with van der Waals surface area (Å²) in [5.74, 6) is 1.21. The zero-order valence-electron chi connectivity index (χ0n) is 10.3. The molecule has 0 aromatic heterocycles. The second-order valence-electron chi connectivity index (χ2n) is 5.07. The fraction of sp³-hybridized carbons (Fsp3) is 0.833. The number of thioether (sulfide) groups is 1. The Morgan fingerprint density at radius 2 is 2.35 bits per heavy atom. The van der Waals surface area contributed by atoms with Crippen LogP contribution in [0.5, 0.6) is 0 Å². The lowest BCUT2D eigenvalue weighted by Crippen LogP contribution is -2.27. The Bertz CT molecular complexity index is 330. The van der Waals surface area contributed by atoms with Crippen molar-refractivity contribution in [3.63, 3.8) is 0 Å². The minimum absolute atomic E-state index is 0.0610. The first-order chi connectivity index (χ1) is 8.11. The molecular weight excluding hydrogens is 238 g/mol. The van der Waals surface area contributed by atoms with E-state index in [2.05, 4.69) is 5.16 Å². The molecule has 2 aliphatic carbocycles. The van der Waals surface area contributed by atoms with Crippen molar-refractivity contribution in [1.82, 2.24) is 0 Å². The van der Waals surface area contributed by atoms with Gasteiger partial charge in [-0.25, -0.2) is 0 Å². The lowest BCUT2D eigenvalue weighted by atomic mass is 9.98. The average molecular weight is 257 g/mol. The van der Waals surface area contributed by atoms with Gasteiger partial charge in [0.15, 0.2) is 0 Å². The van der Waals surface area contributed by atoms with Crippen molar-refractivity contribution in [1.29, 1.82) is 0 Å². The van der Waals surface area contributed by atoms with Gasteiger partial charge in [-0.2, -0.15) is 0 Å². The second-order valence-corrected chi connectivity index (χ2v) is 6.20. The van der Waals surface area contributed by atoms with E-state index >= 15 is 0 Å². The summed E-state index contributed by atoms with van der Waals surface area (Å²) in [5.41, 5.74) is 0.892. The summed E-state index contributed by atoms with van der Waals surface area (Å²) >= 11 is 1.56. The van der Waals surface area contributed by atoms with Gasteiger partial charge in [-0.15, -0.1) is 11.8 Å². The normalized spacial score (nSPS) is 33.6. The SMILES string of the molecule is CC(C)OC(=O)CSC1C(=NO)C2CCC1C2. The van der Waals surface area contributed by atoms with E-state index in [9.17, 15) is 4.79 Å². The number of carbonyl (C=O) groups excluding carboxylic acids is 1. The molecule has 0 aliphatic heterocycles. The minimum Gasteiger partial charge on any atom is -0.462 e. The Hall–Kier alpha value is -0.710. The molecule has 0 aromatic carbocycles. The van der Waals surface area contributed by atoms with Gasteiger partial charge in [-0.05, 0) is 39.0 Å². The molecule has 17 heavy (non-hydrogen) atoms. The number of hydrogen-bond donors (Lipinski definition) is 1. The Balaban J connectivity index is 1.85. The fourth-order valence-corrected chi connectivity index (χ4v) is 4.16. The Morgan fingerprint density at radius 1 is 1.59 bits per heavy atom. The van der Waals surface area contributed by atoms with Crippen LogP contribution < -0.4 is 0 Å². The summed E-state index contributed by atoms with van der Waals surface area (Å²) < 4.78 is 5.10. The van der Waals surface area contributed by atoms with E-state index in [0.717, 1.165) is 18.6 Å². The van der Waals surface area contributed by atoms with Crippen LogP contribution >= 0.6 is 11.8 Å². The maximum absolute atomic E-state index is 11.5. The molecule has 0 radical (unpaired) electrons. The molecule has 96 valence electrons. The van der Waals surface area contributed by atoms with Crippen LogP contribution in [-0.2, 0) is 9.53 Å². The third kappa shape index (κ3) is 2.76. The molecule has 2 saturated carbocycles. The van der Waals surface area contributed by atoms with Gasteiger partial charge in [-0.3, -0.25) is 4.79 Å². The van der Waals surface area contributed by atoms with Gasteiger partial charge in [0, 0.05) is 5.92 Å². The van der Waals surface area contributed by atoms with Crippen LogP contribution in [0.1, 0.15) is 33.1 Å². The highest BCUT2D eigenvalue weighted by Gasteiger charge is 2.45. The molecule has 3 atom stereocenters. The number of rotatable bonds is 4. The molecule has 4 nitrogen and oxygen atoms in total. The molecule has 5 heteroatoms. The Morgan fingerprint density at radius 3 is 3.00 bits per heavy atom. The third-order valence-corrected chi connectivity index (χ3v) is 4.86. The molecule has 1 N–H and O–H groups in total. The monoisotopic (exact) mass is 257 g/mol. The quantitative estimate of drug-likeness (QED) is 0.477. The number of hydrogen-bond acceptors (Lipinski definition) is 5. The number of carbonyl (C=O) groups is 1. The van der Waals surface area contributed by atoms with Gasteiger partial charge in [0.05, 0.1) is 22.8 Å². The highest BCUT2D eigenvalue weighted by molar-refractivity contribution is 8.01. The van der Waals surface area contributed by atoms with Crippen molar-refractivity contribution in [2.75, 3.05) is 5.75 Å². The number of nitrogens with zero attached hydrogens (tertiary/aromatic N) is 1. The zero-order chi connectivity index (χ0) is 12.4. The summed E-state index contributed by atoms with van der Waals surface area (Å²) in [6.07, 6.45) is 3.39. The Kier molecular flexibility index (Phi) is 3.97. The van der Waals surface area contributed by atoms with Crippen molar-refractivity contribution >= 4 is 23.4 Å². The van der Waals surface area contributed by atoms with Crippen molar-refractivity contribution in [2.45, 2.75) is 44.5 Å². The van der Waals surface area contributed by atoms with Crippen molar-refractivity contribution in [3.05, 3.63) is 0 Å². The van der Waals surface area contributed by atoms with Gasteiger partial charge in [0.25, 0.3) is 0 Å². The lowest BCUT2D eigenvalue weighted by Gasteiger charge is -2.21. The molecule has 2 bridgehead atoms. The van der Waals surface area contributed by atoms with Gasteiger partial charge < -0.3 is 9.94 Å². The van der Waals surface area contributed by atoms with E-state index in [-0.39, 0.29) is 17.3 Å². The highest BCUT2D eigenvalue weighted by atomic mass is 32.2. The summed E-state index contributed by atoms with van der Waals surface area (Å²) in [6, 6.07) is 0. The van der Waals surface area contributed by atoms with E-state index < -0.39 is 0 Å². The first-order valence-corrected chi connectivity index (χ1v) is 7.19. The molecule has 2 fully saturated rings. The summed E-state index contributed by atoms with van der Waals surface area (Å²) in [5, 5.41) is 12.7. The number of esters is 1. The lowest BCUT2D eigenvalue weighted by molar-refractivity contribution is -0.144. The largest absolute Gasteiger partial charge is 0.462 e. The smallest absolute Gasteiger partial charge is 0.316 e. The number of ether oxygens (including phenoxy) is 1. The zero-order valence-corrected chi connectivity index (χ0v) is 11.1. The molecular formula is C12H19NO3S. The highest BCUT2D eigenvalue weighted by Crippen LogP contribution is 2.47. The van der Waals surface area contributed by atoms with E-state index in [0.29, 0.717) is 17.6 Å². The molecule has 0 spiro atoms. The van der Waals surface area contributed by atoms with E-state index in [4.69, 9.17) is 9.94 Å². The number of fused-ring (bicyclic) bond motifs is 2. The summed E-state index contributed by atoms with van der Waals surface area (Å²) in [4.78, 5) is 11.5. The fourth-order valence-electron chi connectivity index (χ4n) is 2.85. The molecule has 2 rings (SSSR count). The van der Waals surface area contributed by atoms with Gasteiger partial charge in [0.2, 0.25) is 0 Å². The van der Waals surface area contributed by atoms with Crippen molar-refractivity contribution in [2.24, 2.45) is 17.0 Å². The van der Waals surface area contributed by atoms with Crippen LogP contribution in [0.4, 0.5) is 0 Å². The van der Waals surface area contributed by atoms with E-state index in [1.807, 2.05) is 13.8 Å². The first kappa shape index (κ1) is 12.7. The van der Waals surface area contributed by atoms with Crippen LogP contribution in [-0.4, -0.2) is 34.0 Å². The van der Waals surface area contributed by atoms with Gasteiger partial charge in [-0.1, -0.05) is 5.16 Å². The average Bonchev–Trinajstić information content (AvgIpc) is 2.84. The van der Waals surface area contributed by atoms with Crippen molar-refractivity contribution in [3.8, 4) is 0 Å². The molecule has 3 unspecified atom stereocenters. The molecule has 0 saturated heterocycles. The standard InChI is InChI=1S/C12H19NO3S/c1-7(2)16-10(14)6-17-12-9-4-3-8(5-9)11(12)13-15/h7-9,12,15H,3-6H2,1-2H3. The minimum atomic E-state index is -0.176. The van der Waals surface area contributed by atoms with Crippen molar-refractivity contribution < 1.29 is 14.7 Å². The van der Waals surface area contributed by atoms with Crippen LogP contribution in [0, 0.1) is 11.8 Å². The molecule has 0 aromatic rings. The topological polar surface area (TPSA) is 58.9 Å². The van der Waals surface area contributed by atoms with E-state index in [1.165, 1.54) is 6.42 Å². The van der Waals surface area contributed by atoms with Crippen LogP contribution in [0.25, 0.3) is 0 Å². The summed E-state index contributed by atoms with van der Waals surface area (Å²) in [7, 11) is 0. The molecule has 0 amide bonds. The van der Waals surface area contributed by atoms with Crippen LogP contribution in [0.15, 0.2) is 5.16 Å². The van der Waals surface area contributed by atoms with Crippen LogP contribution in [0.2, 0.25) is 0 Å². The molecule has 2 aliphatic rings. The van der Waals surface area contributed by atoms with Crippen LogP contribution in [0.3, 0.4) is 0 Å². The third-order valence-electron chi connectivity index (χ3n) is 3.47. The first-order valence-electron chi connectivity index (χ1n) is 6.14. The maximum Gasteiger partial charge on any atom is 0.316 e. The molecule has 0 heterocycles. The number of oxime groups is 1. The Labute approximate surface area is 106 Å². The summed E-state index contributed by atoms with van der Waals surface area (Å²) in [6.45, 7) is 3.70. The predicted octanol–water partition coefficient (Wildman–Crippen LogP) is 2.30. The van der Waals surface area contributed by atoms with Gasteiger partial charge in [0.1, 0.15) is 0 Å². The van der Waals surface area contributed by atoms with Gasteiger partial charge >= 0.3 is 5.97 Å². The van der Waals surface area contributed by atoms with E-state index in [1.54, 1.807) is 11.8 Å². The maximum atomic E-state index is 11.5.